The van der Waals surface area contributed by atoms with Crippen molar-refractivity contribution in [2.45, 2.75) is 32.2 Å². The third kappa shape index (κ3) is 4.84. The highest BCUT2D eigenvalue weighted by Crippen LogP contribution is 2.05. The molecule has 1 rings (SSSR count). The number of amides is 1. The van der Waals surface area contributed by atoms with Gasteiger partial charge in [0.2, 0.25) is 5.91 Å². The van der Waals surface area contributed by atoms with Crippen molar-refractivity contribution in [3.8, 4) is 0 Å². The molecule has 0 spiro atoms. The molecule has 1 atom stereocenters. The van der Waals surface area contributed by atoms with E-state index in [1.54, 1.807) is 0 Å². The number of rotatable bonds is 5. The van der Waals surface area contributed by atoms with Crippen LogP contribution in [0.3, 0.4) is 0 Å². The molecule has 16 heavy (non-hydrogen) atoms. The summed E-state index contributed by atoms with van der Waals surface area (Å²) in [7, 11) is 0. The number of carbonyl (C=O) groups excluding carboxylic acids is 1. The largest absolute Gasteiger partial charge is 0.328 e. The van der Waals surface area contributed by atoms with Crippen LogP contribution in [-0.4, -0.2) is 16.9 Å². The maximum atomic E-state index is 12.5. The SMILES string of the molecule is CC(N)CCCC(=O)Nc1ccc(F)cn1. The second-order valence-corrected chi connectivity index (χ2v) is 3.78. The Labute approximate surface area is 94.1 Å². The van der Waals surface area contributed by atoms with Gasteiger partial charge in [0.05, 0.1) is 6.20 Å². The normalized spacial score (nSPS) is 12.2. The summed E-state index contributed by atoms with van der Waals surface area (Å²) in [5, 5.41) is 2.59. The molecule has 1 aromatic rings. The number of anilines is 1. The molecule has 1 aromatic heterocycles. The van der Waals surface area contributed by atoms with Gasteiger partial charge in [0.25, 0.3) is 0 Å². The molecule has 5 heteroatoms. The molecule has 0 saturated carbocycles. The van der Waals surface area contributed by atoms with Gasteiger partial charge in [-0.05, 0) is 31.9 Å². The summed E-state index contributed by atoms with van der Waals surface area (Å²) in [6, 6.07) is 2.79. The van der Waals surface area contributed by atoms with Crippen molar-refractivity contribution >= 4 is 11.7 Å². The van der Waals surface area contributed by atoms with E-state index in [-0.39, 0.29) is 11.9 Å². The fraction of sp³-hybridized carbons (Fsp3) is 0.455. The number of aromatic nitrogens is 1. The van der Waals surface area contributed by atoms with Gasteiger partial charge in [-0.2, -0.15) is 0 Å². The van der Waals surface area contributed by atoms with Crippen LogP contribution in [0.2, 0.25) is 0 Å². The van der Waals surface area contributed by atoms with Crippen molar-refractivity contribution in [2.24, 2.45) is 5.73 Å². The third-order valence-electron chi connectivity index (χ3n) is 2.06. The maximum Gasteiger partial charge on any atom is 0.225 e. The Morgan fingerprint density at radius 3 is 2.94 bits per heavy atom. The Morgan fingerprint density at radius 1 is 1.62 bits per heavy atom. The van der Waals surface area contributed by atoms with Crippen molar-refractivity contribution < 1.29 is 9.18 Å². The molecule has 3 N–H and O–H groups in total. The average molecular weight is 225 g/mol. The van der Waals surface area contributed by atoms with Crippen LogP contribution in [0.4, 0.5) is 10.2 Å². The average Bonchev–Trinajstić information content (AvgIpc) is 2.21. The number of halogens is 1. The van der Waals surface area contributed by atoms with E-state index in [0.29, 0.717) is 12.2 Å². The summed E-state index contributed by atoms with van der Waals surface area (Å²) >= 11 is 0. The molecule has 88 valence electrons. The lowest BCUT2D eigenvalue weighted by molar-refractivity contribution is -0.116. The number of nitrogens with one attached hydrogen (secondary N) is 1. The highest BCUT2D eigenvalue weighted by Gasteiger charge is 2.04. The van der Waals surface area contributed by atoms with Crippen molar-refractivity contribution in [1.29, 1.82) is 0 Å². The van der Waals surface area contributed by atoms with E-state index in [2.05, 4.69) is 10.3 Å². The lowest BCUT2D eigenvalue weighted by atomic mass is 10.1. The standard InChI is InChI=1S/C11H16FN3O/c1-8(13)3-2-4-11(16)15-10-6-5-9(12)7-14-10/h5-8H,2-4,13H2,1H3,(H,14,15,16). The van der Waals surface area contributed by atoms with Crippen LogP contribution in [0.5, 0.6) is 0 Å². The smallest absolute Gasteiger partial charge is 0.225 e. The number of pyridine rings is 1. The first-order chi connectivity index (χ1) is 7.58. The molecule has 0 radical (unpaired) electrons. The predicted molar refractivity (Wildman–Crippen MR) is 60.3 cm³/mol. The zero-order chi connectivity index (χ0) is 12.0. The zero-order valence-electron chi connectivity index (χ0n) is 9.24. The number of nitrogens with zero attached hydrogens (tertiary/aromatic N) is 1. The fourth-order valence-electron chi connectivity index (χ4n) is 1.24. The molecule has 0 aromatic carbocycles. The topological polar surface area (TPSA) is 68.0 Å². The van der Waals surface area contributed by atoms with Crippen LogP contribution in [0.1, 0.15) is 26.2 Å². The van der Waals surface area contributed by atoms with Gasteiger partial charge in [-0.1, -0.05) is 0 Å². The molecule has 0 aliphatic heterocycles. The van der Waals surface area contributed by atoms with E-state index in [1.807, 2.05) is 6.92 Å². The van der Waals surface area contributed by atoms with Crippen LogP contribution >= 0.6 is 0 Å². The molecular weight excluding hydrogens is 209 g/mol. The van der Waals surface area contributed by atoms with Crippen LogP contribution in [-0.2, 0) is 4.79 Å². The highest BCUT2D eigenvalue weighted by atomic mass is 19.1. The number of nitrogens with two attached hydrogens (primary N) is 1. The maximum absolute atomic E-state index is 12.5. The van der Waals surface area contributed by atoms with Gasteiger partial charge in [0, 0.05) is 12.5 Å². The van der Waals surface area contributed by atoms with Crippen molar-refractivity contribution in [2.75, 3.05) is 5.32 Å². The third-order valence-corrected chi connectivity index (χ3v) is 2.06. The van der Waals surface area contributed by atoms with Gasteiger partial charge in [0.1, 0.15) is 11.6 Å². The van der Waals surface area contributed by atoms with E-state index in [1.165, 1.54) is 12.1 Å². The predicted octanol–water partition coefficient (Wildman–Crippen LogP) is 1.68. The van der Waals surface area contributed by atoms with E-state index in [4.69, 9.17) is 5.73 Å². The Hall–Kier alpha value is -1.49. The molecular formula is C11H16FN3O. The van der Waals surface area contributed by atoms with Crippen LogP contribution in [0, 0.1) is 5.82 Å². The van der Waals surface area contributed by atoms with Gasteiger partial charge >= 0.3 is 0 Å². The molecule has 1 unspecified atom stereocenters. The van der Waals surface area contributed by atoms with Crippen molar-refractivity contribution in [3.05, 3.63) is 24.1 Å². The molecule has 0 aliphatic rings. The Morgan fingerprint density at radius 2 is 2.38 bits per heavy atom. The Bertz CT molecular complexity index is 338. The van der Waals surface area contributed by atoms with E-state index in [9.17, 15) is 9.18 Å². The monoisotopic (exact) mass is 225 g/mol. The van der Waals surface area contributed by atoms with Crippen molar-refractivity contribution in [1.82, 2.24) is 4.98 Å². The molecule has 1 heterocycles. The minimum Gasteiger partial charge on any atom is -0.328 e. The Balaban J connectivity index is 2.31. The molecule has 0 aliphatic carbocycles. The van der Waals surface area contributed by atoms with Gasteiger partial charge in [0.15, 0.2) is 0 Å². The van der Waals surface area contributed by atoms with E-state index < -0.39 is 5.82 Å². The molecule has 4 nitrogen and oxygen atoms in total. The fourth-order valence-corrected chi connectivity index (χ4v) is 1.24. The summed E-state index contributed by atoms with van der Waals surface area (Å²) in [6.45, 7) is 1.90. The molecule has 0 saturated heterocycles. The second kappa shape index (κ2) is 6.17. The summed E-state index contributed by atoms with van der Waals surface area (Å²) in [5.41, 5.74) is 5.56. The summed E-state index contributed by atoms with van der Waals surface area (Å²) in [4.78, 5) is 15.1. The minimum absolute atomic E-state index is 0.108. The van der Waals surface area contributed by atoms with Gasteiger partial charge in [-0.3, -0.25) is 4.79 Å². The molecule has 0 bridgehead atoms. The summed E-state index contributed by atoms with van der Waals surface area (Å²) < 4.78 is 12.5. The first-order valence-corrected chi connectivity index (χ1v) is 5.25. The van der Waals surface area contributed by atoms with Crippen LogP contribution in [0.15, 0.2) is 18.3 Å². The lowest BCUT2D eigenvalue weighted by Crippen LogP contribution is -2.17. The van der Waals surface area contributed by atoms with Crippen LogP contribution < -0.4 is 11.1 Å². The molecule has 0 fully saturated rings. The first-order valence-electron chi connectivity index (χ1n) is 5.25. The van der Waals surface area contributed by atoms with Crippen molar-refractivity contribution in [3.63, 3.8) is 0 Å². The lowest BCUT2D eigenvalue weighted by Gasteiger charge is -2.05. The van der Waals surface area contributed by atoms with Gasteiger partial charge in [-0.15, -0.1) is 0 Å². The Kier molecular flexibility index (Phi) is 4.85. The summed E-state index contributed by atoms with van der Waals surface area (Å²) in [6.07, 6.45) is 3.02. The first kappa shape index (κ1) is 12.6. The second-order valence-electron chi connectivity index (χ2n) is 3.78. The van der Waals surface area contributed by atoms with Gasteiger partial charge < -0.3 is 11.1 Å². The van der Waals surface area contributed by atoms with Crippen LogP contribution in [0.25, 0.3) is 0 Å². The van der Waals surface area contributed by atoms with E-state index in [0.717, 1.165) is 19.0 Å². The quantitative estimate of drug-likeness (QED) is 0.801. The number of hydrogen-bond acceptors (Lipinski definition) is 3. The summed E-state index contributed by atoms with van der Waals surface area (Å²) in [5.74, 6) is -0.179. The minimum atomic E-state index is -0.421. The molecule has 1 amide bonds. The highest BCUT2D eigenvalue weighted by molar-refractivity contribution is 5.89. The number of hydrogen-bond donors (Lipinski definition) is 2. The number of carbonyl (C=O) groups is 1. The van der Waals surface area contributed by atoms with E-state index >= 15 is 0 Å². The van der Waals surface area contributed by atoms with Gasteiger partial charge in [-0.25, -0.2) is 9.37 Å². The zero-order valence-corrected chi connectivity index (χ0v) is 9.24.